The molecule has 0 aromatic carbocycles. The number of carboxylic acid groups (broad SMARTS) is 2. The molecular formula is C11H16O7. The van der Waals surface area contributed by atoms with Crippen LogP contribution >= 0.6 is 0 Å². The molecule has 0 aliphatic heterocycles. The van der Waals surface area contributed by atoms with Gasteiger partial charge in [-0.2, -0.15) is 0 Å². The first-order chi connectivity index (χ1) is 8.33. The summed E-state index contributed by atoms with van der Waals surface area (Å²) in [6, 6.07) is 0. The number of aliphatic hydroxyl groups is 1. The summed E-state index contributed by atoms with van der Waals surface area (Å²) >= 11 is 0. The quantitative estimate of drug-likeness (QED) is 0.581. The topological polar surface area (TPSA) is 121 Å². The summed E-state index contributed by atoms with van der Waals surface area (Å²) in [5.41, 5.74) is -2.61. The van der Waals surface area contributed by atoms with E-state index in [0.717, 1.165) is 25.7 Å². The number of hydrogen-bond acceptors (Lipinski definition) is 5. The van der Waals surface area contributed by atoms with E-state index >= 15 is 0 Å². The Kier molecular flexibility index (Phi) is 4.66. The van der Waals surface area contributed by atoms with Crippen molar-refractivity contribution in [3.63, 3.8) is 0 Å². The van der Waals surface area contributed by atoms with E-state index in [1.54, 1.807) is 0 Å². The molecule has 1 aliphatic rings. The van der Waals surface area contributed by atoms with Crippen molar-refractivity contribution in [2.75, 3.05) is 0 Å². The Balaban J connectivity index is 2.56. The van der Waals surface area contributed by atoms with Crippen LogP contribution in [-0.2, 0) is 19.1 Å². The van der Waals surface area contributed by atoms with Crippen molar-refractivity contribution in [3.05, 3.63) is 0 Å². The van der Waals surface area contributed by atoms with Crippen LogP contribution in [0, 0.1) is 0 Å². The number of carbonyl (C=O) groups is 3. The van der Waals surface area contributed by atoms with Crippen LogP contribution in [0.5, 0.6) is 0 Å². The normalized spacial score (nSPS) is 19.2. The monoisotopic (exact) mass is 260 g/mol. The number of carbonyl (C=O) groups excluding carboxylic acids is 1. The predicted octanol–water partition coefficient (Wildman–Crippen LogP) is 0.153. The number of aliphatic carboxylic acids is 2. The van der Waals surface area contributed by atoms with Gasteiger partial charge in [0.05, 0.1) is 12.8 Å². The van der Waals surface area contributed by atoms with Gasteiger partial charge < -0.3 is 20.1 Å². The maximum atomic E-state index is 11.5. The van der Waals surface area contributed by atoms with Gasteiger partial charge in [-0.3, -0.25) is 9.59 Å². The molecule has 1 fully saturated rings. The van der Waals surface area contributed by atoms with Crippen LogP contribution in [-0.4, -0.2) is 44.9 Å². The highest BCUT2D eigenvalue weighted by Crippen LogP contribution is 2.23. The van der Waals surface area contributed by atoms with Crippen molar-refractivity contribution in [2.24, 2.45) is 0 Å². The van der Waals surface area contributed by atoms with Crippen molar-refractivity contribution in [3.8, 4) is 0 Å². The maximum Gasteiger partial charge on any atom is 0.336 e. The van der Waals surface area contributed by atoms with E-state index in [0.29, 0.717) is 0 Å². The van der Waals surface area contributed by atoms with Crippen LogP contribution in [0.4, 0.5) is 0 Å². The van der Waals surface area contributed by atoms with E-state index in [9.17, 15) is 19.5 Å². The zero-order valence-electron chi connectivity index (χ0n) is 9.79. The second-order valence-corrected chi connectivity index (χ2v) is 4.48. The molecule has 0 aromatic rings. The lowest BCUT2D eigenvalue weighted by molar-refractivity contribution is -0.173. The highest BCUT2D eigenvalue weighted by atomic mass is 16.5. The highest BCUT2D eigenvalue weighted by Gasteiger charge is 2.41. The molecule has 1 unspecified atom stereocenters. The van der Waals surface area contributed by atoms with Crippen molar-refractivity contribution < 1.29 is 34.4 Å². The van der Waals surface area contributed by atoms with Crippen molar-refractivity contribution in [1.29, 1.82) is 0 Å². The number of rotatable bonds is 6. The van der Waals surface area contributed by atoms with Crippen molar-refractivity contribution in [2.45, 2.75) is 50.2 Å². The molecule has 0 spiro atoms. The molecule has 0 radical (unpaired) electrons. The van der Waals surface area contributed by atoms with E-state index in [-0.39, 0.29) is 6.10 Å². The summed E-state index contributed by atoms with van der Waals surface area (Å²) in [6.45, 7) is 0. The predicted molar refractivity (Wildman–Crippen MR) is 57.8 cm³/mol. The zero-order valence-corrected chi connectivity index (χ0v) is 9.79. The van der Waals surface area contributed by atoms with Crippen LogP contribution in [0.3, 0.4) is 0 Å². The van der Waals surface area contributed by atoms with Crippen molar-refractivity contribution >= 4 is 17.9 Å². The molecule has 7 nitrogen and oxygen atoms in total. The number of hydrogen-bond donors (Lipinski definition) is 3. The first-order valence-electron chi connectivity index (χ1n) is 5.70. The molecule has 1 saturated carbocycles. The van der Waals surface area contributed by atoms with Crippen LogP contribution in [0.25, 0.3) is 0 Å². The van der Waals surface area contributed by atoms with Crippen LogP contribution in [0.1, 0.15) is 38.5 Å². The summed E-state index contributed by atoms with van der Waals surface area (Å²) in [4.78, 5) is 32.7. The molecule has 102 valence electrons. The Morgan fingerprint density at radius 2 is 1.67 bits per heavy atom. The van der Waals surface area contributed by atoms with Crippen LogP contribution in [0.2, 0.25) is 0 Å². The third kappa shape index (κ3) is 3.99. The van der Waals surface area contributed by atoms with Gasteiger partial charge in [-0.1, -0.05) is 0 Å². The summed E-state index contributed by atoms with van der Waals surface area (Å²) in [7, 11) is 0. The molecular weight excluding hydrogens is 244 g/mol. The van der Waals surface area contributed by atoms with Gasteiger partial charge in [0.15, 0.2) is 5.60 Å². The van der Waals surface area contributed by atoms with Gasteiger partial charge in [0, 0.05) is 0 Å². The minimum absolute atomic E-state index is 0.250. The second-order valence-electron chi connectivity index (χ2n) is 4.48. The third-order valence-corrected chi connectivity index (χ3v) is 2.88. The third-order valence-electron chi connectivity index (χ3n) is 2.88. The Morgan fingerprint density at radius 3 is 2.11 bits per heavy atom. The van der Waals surface area contributed by atoms with Gasteiger partial charge in [-0.05, 0) is 25.7 Å². The van der Waals surface area contributed by atoms with Crippen molar-refractivity contribution in [1.82, 2.24) is 0 Å². The molecule has 1 atom stereocenters. The van der Waals surface area contributed by atoms with E-state index in [1.807, 2.05) is 0 Å². The van der Waals surface area contributed by atoms with E-state index in [1.165, 1.54) is 0 Å². The number of ether oxygens (including phenoxy) is 1. The molecule has 0 amide bonds. The molecule has 1 rings (SSSR count). The van der Waals surface area contributed by atoms with Gasteiger partial charge in [0.2, 0.25) is 0 Å². The average molecular weight is 260 g/mol. The first kappa shape index (κ1) is 14.4. The summed E-state index contributed by atoms with van der Waals surface area (Å²) in [5, 5.41) is 26.9. The zero-order chi connectivity index (χ0) is 13.8. The Bertz CT molecular complexity index is 345. The van der Waals surface area contributed by atoms with Crippen LogP contribution < -0.4 is 0 Å². The van der Waals surface area contributed by atoms with Gasteiger partial charge in [-0.25, -0.2) is 4.79 Å². The summed E-state index contributed by atoms with van der Waals surface area (Å²) in [5.74, 6) is -4.12. The molecule has 0 heterocycles. The van der Waals surface area contributed by atoms with Gasteiger partial charge in [0.1, 0.15) is 6.10 Å². The summed E-state index contributed by atoms with van der Waals surface area (Å²) < 4.78 is 4.98. The lowest BCUT2D eigenvalue weighted by Gasteiger charge is -2.21. The molecule has 1 aliphatic carbocycles. The van der Waals surface area contributed by atoms with Crippen LogP contribution in [0.15, 0.2) is 0 Å². The Labute approximate surface area is 103 Å². The maximum absolute atomic E-state index is 11.5. The molecule has 3 N–H and O–H groups in total. The molecule has 0 saturated heterocycles. The van der Waals surface area contributed by atoms with E-state index in [4.69, 9.17) is 14.9 Å². The second kappa shape index (κ2) is 5.81. The van der Waals surface area contributed by atoms with Gasteiger partial charge in [0.25, 0.3) is 0 Å². The number of carboxylic acids is 2. The fourth-order valence-electron chi connectivity index (χ4n) is 1.94. The fraction of sp³-hybridized carbons (Fsp3) is 0.727. The minimum Gasteiger partial charge on any atom is -0.481 e. The average Bonchev–Trinajstić information content (AvgIpc) is 2.68. The van der Waals surface area contributed by atoms with Gasteiger partial charge in [-0.15, -0.1) is 0 Å². The Morgan fingerprint density at radius 1 is 1.11 bits per heavy atom. The summed E-state index contributed by atoms with van der Waals surface area (Å²) in [6.07, 6.45) is 1.17. The molecule has 0 aromatic heterocycles. The SMILES string of the molecule is O=C(O)CC(O)(CC(=O)OC1CCCC1)C(=O)O. The first-order valence-corrected chi connectivity index (χ1v) is 5.70. The lowest BCUT2D eigenvalue weighted by atomic mass is 9.96. The number of esters is 1. The van der Waals surface area contributed by atoms with Gasteiger partial charge >= 0.3 is 17.9 Å². The van der Waals surface area contributed by atoms with E-state index in [2.05, 4.69) is 0 Å². The Hall–Kier alpha value is -1.63. The lowest BCUT2D eigenvalue weighted by Crippen LogP contribution is -2.43. The standard InChI is InChI=1S/C11H16O7/c12-8(13)5-11(17,10(15)16)6-9(14)18-7-3-1-2-4-7/h7,17H,1-6H2,(H,12,13)(H,15,16). The molecule has 7 heteroatoms. The highest BCUT2D eigenvalue weighted by molar-refractivity contribution is 5.88. The fourth-order valence-corrected chi connectivity index (χ4v) is 1.94. The largest absolute Gasteiger partial charge is 0.481 e. The smallest absolute Gasteiger partial charge is 0.336 e. The molecule has 18 heavy (non-hydrogen) atoms. The minimum atomic E-state index is -2.61. The van der Waals surface area contributed by atoms with E-state index < -0.39 is 36.4 Å². The molecule has 0 bridgehead atoms.